The van der Waals surface area contributed by atoms with Crippen LogP contribution >= 0.6 is 11.6 Å². The van der Waals surface area contributed by atoms with E-state index in [0.29, 0.717) is 10.6 Å². The monoisotopic (exact) mass is 349 g/mol. The number of rotatable bonds is 1. The van der Waals surface area contributed by atoms with Crippen LogP contribution in [0.1, 0.15) is 35.1 Å². The van der Waals surface area contributed by atoms with E-state index in [1.807, 2.05) is 24.3 Å². The van der Waals surface area contributed by atoms with Crippen LogP contribution in [0, 0.1) is 5.92 Å². The predicted octanol–water partition coefficient (Wildman–Crippen LogP) is 6.19. The van der Waals surface area contributed by atoms with Gasteiger partial charge in [0.15, 0.2) is 0 Å². The van der Waals surface area contributed by atoms with E-state index < -0.39 is 11.7 Å². The minimum Gasteiger partial charge on any atom is -0.377 e. The van der Waals surface area contributed by atoms with Crippen molar-refractivity contribution in [2.45, 2.75) is 24.6 Å². The van der Waals surface area contributed by atoms with Gasteiger partial charge in [0.25, 0.3) is 0 Å². The Hall–Kier alpha value is -1.94. The minimum atomic E-state index is -4.39. The van der Waals surface area contributed by atoms with Gasteiger partial charge in [0.05, 0.1) is 17.3 Å². The van der Waals surface area contributed by atoms with Crippen LogP contribution in [0.2, 0.25) is 5.02 Å². The number of nitrogens with one attached hydrogen (secondary N) is 1. The minimum absolute atomic E-state index is 0.0233. The Bertz CT molecular complexity index is 812. The zero-order valence-corrected chi connectivity index (χ0v) is 13.4. The summed E-state index contributed by atoms with van der Waals surface area (Å²) in [7, 11) is 0. The maximum Gasteiger partial charge on any atom is 0.418 e. The molecule has 2 aromatic carbocycles. The highest BCUT2D eigenvalue weighted by Crippen LogP contribution is 2.53. The average molecular weight is 350 g/mol. The van der Waals surface area contributed by atoms with Crippen molar-refractivity contribution in [1.82, 2.24) is 0 Å². The lowest BCUT2D eigenvalue weighted by atomic mass is 9.76. The van der Waals surface area contributed by atoms with E-state index in [2.05, 4.69) is 11.4 Å². The quantitative estimate of drug-likeness (QED) is 0.606. The standard InChI is InChI=1S/C19H15ClF3N/c20-16-10-2-1-5-14(16)17-12-7-3-6-11(12)13-8-4-9-15(18(13)24-17)19(21,22)23/h1-6,8-12,17,24H,7H2/t11-,12+,17+/m1/s1. The molecule has 0 radical (unpaired) electrons. The largest absolute Gasteiger partial charge is 0.418 e. The molecule has 3 atom stereocenters. The van der Waals surface area contributed by atoms with Crippen LogP contribution in [0.4, 0.5) is 18.9 Å². The van der Waals surface area contributed by atoms with Gasteiger partial charge in [-0.15, -0.1) is 0 Å². The molecule has 5 heteroatoms. The summed E-state index contributed by atoms with van der Waals surface area (Å²) < 4.78 is 40.3. The van der Waals surface area contributed by atoms with Crippen molar-refractivity contribution in [2.75, 3.05) is 5.32 Å². The fraction of sp³-hybridized carbons (Fsp3) is 0.263. The molecule has 2 aliphatic rings. The normalized spacial score (nSPS) is 25.1. The number of allylic oxidation sites excluding steroid dienone is 2. The second kappa shape index (κ2) is 5.55. The smallest absolute Gasteiger partial charge is 0.377 e. The van der Waals surface area contributed by atoms with Crippen molar-refractivity contribution in [3.8, 4) is 0 Å². The fourth-order valence-electron chi connectivity index (χ4n) is 3.89. The van der Waals surface area contributed by atoms with Crippen LogP contribution in [0.5, 0.6) is 0 Å². The number of hydrogen-bond acceptors (Lipinski definition) is 1. The first kappa shape index (κ1) is 15.6. The molecule has 2 aromatic rings. The first-order chi connectivity index (χ1) is 11.5. The number of para-hydroxylation sites is 1. The molecular weight excluding hydrogens is 335 g/mol. The molecule has 1 nitrogen and oxygen atoms in total. The first-order valence-corrected chi connectivity index (χ1v) is 8.22. The molecule has 0 saturated carbocycles. The molecule has 1 N–H and O–H groups in total. The SMILES string of the molecule is FC(F)(F)c1cccc2c1N[C@H](c1ccccc1Cl)[C@H]1CC=C[C@@H]21. The second-order valence-electron chi connectivity index (χ2n) is 6.26. The second-order valence-corrected chi connectivity index (χ2v) is 6.67. The zero-order valence-electron chi connectivity index (χ0n) is 12.6. The lowest BCUT2D eigenvalue weighted by Crippen LogP contribution is -2.31. The van der Waals surface area contributed by atoms with Gasteiger partial charge in [0.1, 0.15) is 0 Å². The molecule has 0 unspecified atom stereocenters. The van der Waals surface area contributed by atoms with Gasteiger partial charge in [-0.25, -0.2) is 0 Å². The summed E-state index contributed by atoms with van der Waals surface area (Å²) in [4.78, 5) is 0. The highest BCUT2D eigenvalue weighted by atomic mass is 35.5. The van der Waals surface area contributed by atoms with Crippen LogP contribution in [0.3, 0.4) is 0 Å². The molecule has 4 rings (SSSR count). The van der Waals surface area contributed by atoms with Crippen LogP contribution < -0.4 is 5.32 Å². The Kier molecular flexibility index (Phi) is 3.61. The zero-order chi connectivity index (χ0) is 16.9. The van der Waals surface area contributed by atoms with Crippen molar-refractivity contribution in [3.63, 3.8) is 0 Å². The lowest BCUT2D eigenvalue weighted by molar-refractivity contribution is -0.137. The van der Waals surface area contributed by atoms with E-state index >= 15 is 0 Å². The van der Waals surface area contributed by atoms with Crippen LogP contribution in [-0.2, 0) is 6.18 Å². The number of hydrogen-bond donors (Lipinski definition) is 1. The molecule has 0 amide bonds. The summed E-state index contributed by atoms with van der Waals surface area (Å²) in [5, 5.41) is 3.73. The first-order valence-electron chi connectivity index (χ1n) is 7.84. The van der Waals surface area contributed by atoms with Crippen molar-refractivity contribution in [3.05, 3.63) is 76.3 Å². The van der Waals surface area contributed by atoms with Gasteiger partial charge in [-0.1, -0.05) is 54.1 Å². The van der Waals surface area contributed by atoms with Gasteiger partial charge >= 0.3 is 6.18 Å². The van der Waals surface area contributed by atoms with E-state index in [4.69, 9.17) is 11.6 Å². The van der Waals surface area contributed by atoms with Crippen molar-refractivity contribution < 1.29 is 13.2 Å². The van der Waals surface area contributed by atoms with Gasteiger partial charge in [-0.05, 0) is 35.6 Å². The molecule has 124 valence electrons. The Morgan fingerprint density at radius 1 is 1.00 bits per heavy atom. The van der Waals surface area contributed by atoms with E-state index in [9.17, 15) is 13.2 Å². The number of anilines is 1. The van der Waals surface area contributed by atoms with Gasteiger partial charge < -0.3 is 5.32 Å². The third-order valence-electron chi connectivity index (χ3n) is 4.94. The summed E-state index contributed by atoms with van der Waals surface area (Å²) in [6.45, 7) is 0. The van der Waals surface area contributed by atoms with E-state index in [1.54, 1.807) is 12.1 Å². The fourth-order valence-corrected chi connectivity index (χ4v) is 4.15. The van der Waals surface area contributed by atoms with Crippen LogP contribution in [-0.4, -0.2) is 0 Å². The third-order valence-corrected chi connectivity index (χ3v) is 5.29. The highest BCUT2D eigenvalue weighted by Gasteiger charge is 2.43. The van der Waals surface area contributed by atoms with Gasteiger partial charge in [-0.3, -0.25) is 0 Å². The van der Waals surface area contributed by atoms with Gasteiger partial charge in [0, 0.05) is 10.9 Å². The molecule has 1 heterocycles. The molecule has 0 aromatic heterocycles. The van der Waals surface area contributed by atoms with Crippen LogP contribution in [0.25, 0.3) is 0 Å². The predicted molar refractivity (Wildman–Crippen MR) is 89.2 cm³/mol. The maximum atomic E-state index is 13.4. The summed E-state index contributed by atoms with van der Waals surface area (Å²) in [6.07, 6.45) is 0.506. The van der Waals surface area contributed by atoms with Crippen LogP contribution in [0.15, 0.2) is 54.6 Å². The third kappa shape index (κ3) is 2.40. The molecule has 1 aliphatic heterocycles. The molecule has 0 fully saturated rings. The Morgan fingerprint density at radius 2 is 1.75 bits per heavy atom. The van der Waals surface area contributed by atoms with E-state index in [0.717, 1.165) is 18.1 Å². The van der Waals surface area contributed by atoms with Gasteiger partial charge in [-0.2, -0.15) is 13.2 Å². The van der Waals surface area contributed by atoms with E-state index in [1.165, 1.54) is 6.07 Å². The van der Waals surface area contributed by atoms with Gasteiger partial charge in [0.2, 0.25) is 0 Å². The summed E-state index contributed by atoms with van der Waals surface area (Å²) in [5.74, 6) is 0.144. The summed E-state index contributed by atoms with van der Waals surface area (Å²) in [5.41, 5.74) is 1.13. The molecular formula is C19H15ClF3N. The number of halogens is 4. The number of alkyl halides is 3. The van der Waals surface area contributed by atoms with Crippen molar-refractivity contribution in [1.29, 1.82) is 0 Å². The Morgan fingerprint density at radius 3 is 2.50 bits per heavy atom. The molecule has 0 saturated heterocycles. The molecule has 0 bridgehead atoms. The Labute approximate surface area is 143 Å². The van der Waals surface area contributed by atoms with Crippen molar-refractivity contribution >= 4 is 17.3 Å². The maximum absolute atomic E-state index is 13.4. The summed E-state index contributed by atoms with van der Waals surface area (Å²) >= 11 is 6.32. The average Bonchev–Trinajstić information content (AvgIpc) is 3.03. The molecule has 1 aliphatic carbocycles. The molecule has 24 heavy (non-hydrogen) atoms. The highest BCUT2D eigenvalue weighted by molar-refractivity contribution is 6.31. The number of fused-ring (bicyclic) bond motifs is 3. The lowest BCUT2D eigenvalue weighted by Gasteiger charge is -2.39. The topological polar surface area (TPSA) is 12.0 Å². The van der Waals surface area contributed by atoms with E-state index in [-0.39, 0.29) is 23.6 Å². The number of benzene rings is 2. The Balaban J connectivity index is 1.87. The van der Waals surface area contributed by atoms with Crippen molar-refractivity contribution in [2.24, 2.45) is 5.92 Å². The summed E-state index contributed by atoms with van der Waals surface area (Å²) in [6, 6.07) is 11.5. The molecule has 0 spiro atoms.